The third-order valence-corrected chi connectivity index (χ3v) is 5.84. The molecular formula is C27H28BrNO7S. The second kappa shape index (κ2) is 15.1. The van der Waals surface area contributed by atoms with Gasteiger partial charge in [-0.05, 0) is 54.1 Å². The van der Waals surface area contributed by atoms with Gasteiger partial charge in [-0.1, -0.05) is 46.3 Å². The zero-order valence-electron chi connectivity index (χ0n) is 19.9. The summed E-state index contributed by atoms with van der Waals surface area (Å²) in [6.45, 7) is 0.0929. The Morgan fingerprint density at radius 3 is 2.27 bits per heavy atom. The number of carbonyl (C=O) groups excluding carboxylic acids is 2. The van der Waals surface area contributed by atoms with Crippen molar-refractivity contribution >= 4 is 46.3 Å². The quantitative estimate of drug-likeness (QED) is 0.181. The van der Waals surface area contributed by atoms with Gasteiger partial charge >= 0.3 is 12.1 Å². The number of halogens is 1. The molecule has 0 heterocycles. The molecule has 3 rings (SSSR count). The average Bonchev–Trinajstić information content (AvgIpc) is 2.92. The van der Waals surface area contributed by atoms with Crippen molar-refractivity contribution < 1.29 is 33.6 Å². The smallest absolute Gasteiger partial charge is 0.412 e. The summed E-state index contributed by atoms with van der Waals surface area (Å²) >= 11 is 7.31. The van der Waals surface area contributed by atoms with E-state index in [-0.39, 0.29) is 32.0 Å². The Balaban J connectivity index is 1.86. The van der Waals surface area contributed by atoms with Crippen LogP contribution in [0.15, 0.2) is 83.3 Å². The highest BCUT2D eigenvalue weighted by Crippen LogP contribution is 2.30. The van der Waals surface area contributed by atoms with E-state index in [4.69, 9.17) is 24.1 Å². The third-order valence-electron chi connectivity index (χ3n) is 5.06. The Hall–Kier alpha value is -3.21. The predicted octanol–water partition coefficient (Wildman–Crippen LogP) is 5.42. The minimum atomic E-state index is -0.864. The number of amides is 1. The van der Waals surface area contributed by atoms with Crippen molar-refractivity contribution in [2.75, 3.05) is 30.9 Å². The fourth-order valence-electron chi connectivity index (χ4n) is 3.35. The highest BCUT2D eigenvalue weighted by atomic mass is 79.9. The van der Waals surface area contributed by atoms with E-state index >= 15 is 0 Å². The Kier molecular flexibility index (Phi) is 11.6. The molecule has 8 nitrogen and oxygen atoms in total. The van der Waals surface area contributed by atoms with E-state index in [9.17, 15) is 9.59 Å². The number of hydrogen-bond donors (Lipinski definition) is 3. The molecule has 196 valence electrons. The summed E-state index contributed by atoms with van der Waals surface area (Å²) < 4.78 is 23.7. The summed E-state index contributed by atoms with van der Waals surface area (Å²) in [5.74, 6) is 0.615. The summed E-state index contributed by atoms with van der Waals surface area (Å²) in [7, 11) is 0. The molecule has 0 unspecified atom stereocenters. The van der Waals surface area contributed by atoms with Gasteiger partial charge in [0.2, 0.25) is 0 Å². The topological polar surface area (TPSA) is 103 Å². The fourth-order valence-corrected chi connectivity index (χ4v) is 3.71. The minimum Gasteiger partial charge on any atom is -0.491 e. The summed E-state index contributed by atoms with van der Waals surface area (Å²) in [6.07, 6.45) is -2.00. The first kappa shape index (κ1) is 28.4. The molecule has 0 saturated heterocycles. The lowest BCUT2D eigenvalue weighted by atomic mass is 10.0. The molecule has 0 aliphatic heterocycles. The first-order chi connectivity index (χ1) is 18.0. The SMILES string of the molecule is O=C(CS)OCC[C@@H](Oc1ccccc1)[C@H](OC(=O)Nc1ccc(Br)cc1)c1ccc(OCCO)cc1. The zero-order valence-corrected chi connectivity index (χ0v) is 22.4. The molecule has 3 aromatic carbocycles. The molecular weight excluding hydrogens is 562 g/mol. The van der Waals surface area contributed by atoms with Crippen molar-refractivity contribution in [3.8, 4) is 11.5 Å². The number of aliphatic hydroxyl groups is 1. The first-order valence-corrected chi connectivity index (χ1v) is 13.0. The number of esters is 1. The van der Waals surface area contributed by atoms with Crippen LogP contribution in [-0.2, 0) is 14.3 Å². The molecule has 0 bridgehead atoms. The maximum Gasteiger partial charge on any atom is 0.412 e. The van der Waals surface area contributed by atoms with Gasteiger partial charge in [0.25, 0.3) is 0 Å². The monoisotopic (exact) mass is 589 g/mol. The standard InChI is InChI=1S/C27H28BrNO7S/c28-20-8-10-21(11-9-20)29-27(32)36-26(19-6-12-22(13-7-19)33-17-15-30)24(14-16-34-25(31)18-37)35-23-4-2-1-3-5-23/h1-13,24,26,30,37H,14-18H2,(H,29,32)/t24-,26-/m1/s1. The highest BCUT2D eigenvalue weighted by Gasteiger charge is 2.30. The van der Waals surface area contributed by atoms with E-state index in [0.29, 0.717) is 22.7 Å². The molecule has 3 aromatic rings. The van der Waals surface area contributed by atoms with Gasteiger partial charge in [-0.2, -0.15) is 12.6 Å². The van der Waals surface area contributed by atoms with Gasteiger partial charge in [-0.25, -0.2) is 4.79 Å². The lowest BCUT2D eigenvalue weighted by Crippen LogP contribution is -2.32. The molecule has 1 amide bonds. The van der Waals surface area contributed by atoms with Gasteiger partial charge < -0.3 is 24.1 Å². The minimum absolute atomic E-state index is 0.0444. The molecule has 0 fully saturated rings. The summed E-state index contributed by atoms with van der Waals surface area (Å²) in [5.41, 5.74) is 1.20. The molecule has 0 saturated carbocycles. The predicted molar refractivity (Wildman–Crippen MR) is 146 cm³/mol. The van der Waals surface area contributed by atoms with E-state index in [1.54, 1.807) is 60.7 Å². The summed E-state index contributed by atoms with van der Waals surface area (Å²) in [6, 6.07) is 23.1. The van der Waals surface area contributed by atoms with Crippen molar-refractivity contribution in [3.63, 3.8) is 0 Å². The lowest BCUT2D eigenvalue weighted by Gasteiger charge is -2.28. The average molecular weight is 590 g/mol. The molecule has 0 aromatic heterocycles. The summed E-state index contributed by atoms with van der Waals surface area (Å²) in [4.78, 5) is 24.6. The number of thiol groups is 1. The molecule has 2 N–H and O–H groups in total. The van der Waals surface area contributed by atoms with Crippen LogP contribution < -0.4 is 14.8 Å². The van der Waals surface area contributed by atoms with Crippen LogP contribution in [0.2, 0.25) is 0 Å². The Bertz CT molecular complexity index is 1110. The number of carbonyl (C=O) groups is 2. The van der Waals surface area contributed by atoms with Crippen molar-refractivity contribution in [1.29, 1.82) is 0 Å². The zero-order chi connectivity index (χ0) is 26.5. The number of benzene rings is 3. The molecule has 0 spiro atoms. The normalized spacial score (nSPS) is 12.2. The number of anilines is 1. The Morgan fingerprint density at radius 2 is 1.62 bits per heavy atom. The van der Waals surface area contributed by atoms with Crippen LogP contribution in [0.5, 0.6) is 11.5 Å². The first-order valence-electron chi connectivity index (χ1n) is 11.5. The Labute approximate surface area is 229 Å². The van der Waals surface area contributed by atoms with E-state index in [1.165, 1.54) is 0 Å². The maximum atomic E-state index is 12.9. The van der Waals surface area contributed by atoms with E-state index in [0.717, 1.165) is 4.47 Å². The van der Waals surface area contributed by atoms with Crippen molar-refractivity contribution in [2.24, 2.45) is 0 Å². The maximum absolute atomic E-state index is 12.9. The fraction of sp³-hybridized carbons (Fsp3) is 0.259. The van der Waals surface area contributed by atoms with Gasteiger partial charge in [0.1, 0.15) is 24.2 Å². The van der Waals surface area contributed by atoms with Gasteiger partial charge in [0, 0.05) is 16.6 Å². The number of aliphatic hydroxyl groups excluding tert-OH is 1. The van der Waals surface area contributed by atoms with Crippen molar-refractivity contribution in [1.82, 2.24) is 0 Å². The number of nitrogens with one attached hydrogen (secondary N) is 1. The molecule has 0 aliphatic carbocycles. The van der Waals surface area contributed by atoms with Crippen molar-refractivity contribution in [3.05, 3.63) is 88.9 Å². The third kappa shape index (κ3) is 9.64. The second-order valence-electron chi connectivity index (χ2n) is 7.74. The largest absolute Gasteiger partial charge is 0.491 e. The van der Waals surface area contributed by atoms with Crippen LogP contribution in [0.25, 0.3) is 0 Å². The van der Waals surface area contributed by atoms with Crippen molar-refractivity contribution in [2.45, 2.75) is 18.6 Å². The molecule has 0 radical (unpaired) electrons. The number of hydrogen-bond acceptors (Lipinski definition) is 8. The van der Waals surface area contributed by atoms with Gasteiger partial charge in [0.15, 0.2) is 6.10 Å². The lowest BCUT2D eigenvalue weighted by molar-refractivity contribution is -0.141. The molecule has 0 aliphatic rings. The number of ether oxygens (including phenoxy) is 4. The number of para-hydroxylation sites is 1. The number of rotatable bonds is 13. The molecule has 2 atom stereocenters. The van der Waals surface area contributed by atoms with Crippen LogP contribution in [0.1, 0.15) is 18.1 Å². The van der Waals surface area contributed by atoms with Crippen LogP contribution in [0, 0.1) is 0 Å². The molecule has 10 heteroatoms. The van der Waals surface area contributed by atoms with Crippen LogP contribution in [0.3, 0.4) is 0 Å². The van der Waals surface area contributed by atoms with E-state index in [2.05, 4.69) is 33.9 Å². The highest BCUT2D eigenvalue weighted by molar-refractivity contribution is 9.10. The van der Waals surface area contributed by atoms with Gasteiger partial charge in [-0.15, -0.1) is 0 Å². The van der Waals surface area contributed by atoms with E-state index in [1.807, 2.05) is 18.2 Å². The van der Waals surface area contributed by atoms with Gasteiger partial charge in [-0.3, -0.25) is 10.1 Å². The second-order valence-corrected chi connectivity index (χ2v) is 8.97. The van der Waals surface area contributed by atoms with Gasteiger partial charge in [0.05, 0.1) is 19.0 Å². The van der Waals surface area contributed by atoms with E-state index < -0.39 is 24.3 Å². The van der Waals surface area contributed by atoms with Crippen LogP contribution in [-0.4, -0.2) is 48.8 Å². The molecule has 37 heavy (non-hydrogen) atoms. The van der Waals surface area contributed by atoms with Crippen LogP contribution >= 0.6 is 28.6 Å². The Morgan fingerprint density at radius 1 is 0.919 bits per heavy atom. The summed E-state index contributed by atoms with van der Waals surface area (Å²) in [5, 5.41) is 11.7. The van der Waals surface area contributed by atoms with Crippen LogP contribution in [0.4, 0.5) is 10.5 Å².